The summed E-state index contributed by atoms with van der Waals surface area (Å²) in [5.41, 5.74) is -0.172. The van der Waals surface area contributed by atoms with Crippen LogP contribution < -0.4 is 5.32 Å². The number of morpholine rings is 1. The molecule has 5 heteroatoms. The first-order valence-electron chi connectivity index (χ1n) is 6.77. The van der Waals surface area contributed by atoms with Crippen LogP contribution in [0, 0.1) is 0 Å². The molecule has 1 atom stereocenters. The van der Waals surface area contributed by atoms with E-state index in [0.29, 0.717) is 19.7 Å². The molecule has 0 bridgehead atoms. The molecule has 0 saturated carbocycles. The van der Waals surface area contributed by atoms with Crippen LogP contribution in [-0.4, -0.2) is 54.8 Å². The second-order valence-electron chi connectivity index (χ2n) is 5.01. The van der Waals surface area contributed by atoms with Gasteiger partial charge >= 0.3 is 6.03 Å². The van der Waals surface area contributed by atoms with E-state index >= 15 is 0 Å². The third-order valence-corrected chi connectivity index (χ3v) is 4.12. The first-order chi connectivity index (χ1) is 8.61. The van der Waals surface area contributed by atoms with Gasteiger partial charge in [-0.1, -0.05) is 6.92 Å². The minimum Gasteiger partial charge on any atom is -0.372 e. The Bertz CT molecular complexity index is 263. The van der Waals surface area contributed by atoms with Crippen LogP contribution in [0.1, 0.15) is 33.1 Å². The summed E-state index contributed by atoms with van der Waals surface area (Å²) in [5, 5.41) is 3.00. The van der Waals surface area contributed by atoms with Crippen molar-refractivity contribution < 1.29 is 9.53 Å². The normalized spacial score (nSPS) is 24.1. The molecule has 1 fully saturated rings. The summed E-state index contributed by atoms with van der Waals surface area (Å²) in [5.74, 6) is 1.17. The number of thioether (sulfide) groups is 1. The first-order valence-corrected chi connectivity index (χ1v) is 8.16. The van der Waals surface area contributed by atoms with Crippen molar-refractivity contribution in [3.8, 4) is 0 Å². The minimum atomic E-state index is -0.172. The van der Waals surface area contributed by atoms with Crippen LogP contribution in [0.25, 0.3) is 0 Å². The van der Waals surface area contributed by atoms with E-state index in [1.54, 1.807) is 0 Å². The summed E-state index contributed by atoms with van der Waals surface area (Å²) in [6, 6.07) is 0.0575. The molecule has 1 saturated heterocycles. The predicted octanol–water partition coefficient (Wildman–Crippen LogP) is 2.34. The maximum absolute atomic E-state index is 12.0. The molecule has 0 unspecified atom stereocenters. The summed E-state index contributed by atoms with van der Waals surface area (Å²) < 4.78 is 5.73. The van der Waals surface area contributed by atoms with E-state index in [9.17, 15) is 4.79 Å². The Morgan fingerprint density at radius 2 is 2.28 bits per heavy atom. The largest absolute Gasteiger partial charge is 0.372 e. The van der Waals surface area contributed by atoms with Gasteiger partial charge in [0.1, 0.15) is 0 Å². The topological polar surface area (TPSA) is 41.6 Å². The van der Waals surface area contributed by atoms with E-state index in [-0.39, 0.29) is 11.6 Å². The molecule has 0 radical (unpaired) electrons. The molecule has 1 aliphatic heterocycles. The Morgan fingerprint density at radius 1 is 1.50 bits per heavy atom. The second-order valence-corrected chi connectivity index (χ2v) is 5.99. The standard InChI is InChI=1S/C13H26N2O2S/c1-4-13(2)11-15(8-9-17-13)12(16)14-7-5-6-10-18-3/h4-11H2,1-3H3,(H,14,16)/t13-/m0/s1. The molecule has 0 aromatic carbocycles. The van der Waals surface area contributed by atoms with Gasteiger partial charge in [-0.05, 0) is 38.2 Å². The number of rotatable bonds is 6. The van der Waals surface area contributed by atoms with Crippen molar-refractivity contribution in [1.29, 1.82) is 0 Å². The van der Waals surface area contributed by atoms with Gasteiger partial charge in [-0.3, -0.25) is 0 Å². The van der Waals surface area contributed by atoms with Crippen LogP contribution in [0.15, 0.2) is 0 Å². The highest BCUT2D eigenvalue weighted by Crippen LogP contribution is 2.20. The van der Waals surface area contributed by atoms with E-state index in [4.69, 9.17) is 4.74 Å². The minimum absolute atomic E-state index is 0.0575. The lowest BCUT2D eigenvalue weighted by atomic mass is 10.0. The summed E-state index contributed by atoms with van der Waals surface area (Å²) in [7, 11) is 0. The number of amides is 2. The smallest absolute Gasteiger partial charge is 0.317 e. The Morgan fingerprint density at radius 3 is 2.94 bits per heavy atom. The van der Waals surface area contributed by atoms with Crippen molar-refractivity contribution in [2.75, 3.05) is 38.2 Å². The maximum atomic E-state index is 12.0. The van der Waals surface area contributed by atoms with Crippen LogP contribution >= 0.6 is 11.8 Å². The first kappa shape index (κ1) is 15.6. The van der Waals surface area contributed by atoms with E-state index in [1.165, 1.54) is 5.75 Å². The number of hydrogen-bond acceptors (Lipinski definition) is 3. The molecule has 106 valence electrons. The molecule has 0 aromatic rings. The number of nitrogens with zero attached hydrogens (tertiary/aromatic N) is 1. The highest BCUT2D eigenvalue weighted by Gasteiger charge is 2.32. The fraction of sp³-hybridized carbons (Fsp3) is 0.923. The van der Waals surface area contributed by atoms with Crippen molar-refractivity contribution in [1.82, 2.24) is 10.2 Å². The Hall–Kier alpha value is -0.420. The lowest BCUT2D eigenvalue weighted by Crippen LogP contribution is -2.54. The highest BCUT2D eigenvalue weighted by atomic mass is 32.2. The van der Waals surface area contributed by atoms with E-state index in [1.807, 2.05) is 16.7 Å². The molecule has 1 N–H and O–H groups in total. The Balaban J connectivity index is 2.24. The number of unbranched alkanes of at least 4 members (excludes halogenated alkanes) is 1. The van der Waals surface area contributed by atoms with Gasteiger partial charge in [-0.2, -0.15) is 11.8 Å². The van der Waals surface area contributed by atoms with Gasteiger partial charge in [0.2, 0.25) is 0 Å². The van der Waals surface area contributed by atoms with Gasteiger partial charge in [0.25, 0.3) is 0 Å². The monoisotopic (exact) mass is 274 g/mol. The highest BCUT2D eigenvalue weighted by molar-refractivity contribution is 7.98. The number of ether oxygens (including phenoxy) is 1. The molecule has 0 aliphatic carbocycles. The van der Waals surface area contributed by atoms with Gasteiger partial charge in [-0.15, -0.1) is 0 Å². The Labute approximate surface area is 115 Å². The van der Waals surface area contributed by atoms with Crippen LogP contribution in [0.4, 0.5) is 4.79 Å². The van der Waals surface area contributed by atoms with Crippen molar-refractivity contribution in [2.45, 2.75) is 38.7 Å². The van der Waals surface area contributed by atoms with E-state index in [2.05, 4.69) is 25.4 Å². The zero-order valence-electron chi connectivity index (χ0n) is 11.8. The number of hydrogen-bond donors (Lipinski definition) is 1. The quantitative estimate of drug-likeness (QED) is 0.756. The number of nitrogens with one attached hydrogen (secondary N) is 1. The molecule has 2 amide bonds. The lowest BCUT2D eigenvalue weighted by Gasteiger charge is -2.39. The van der Waals surface area contributed by atoms with Gasteiger partial charge in [0.05, 0.1) is 18.8 Å². The molecule has 4 nitrogen and oxygen atoms in total. The molecule has 1 aliphatic rings. The third-order valence-electron chi connectivity index (χ3n) is 3.42. The van der Waals surface area contributed by atoms with E-state index in [0.717, 1.165) is 25.8 Å². The van der Waals surface area contributed by atoms with Gasteiger partial charge in [-0.25, -0.2) is 4.79 Å². The molecular formula is C13H26N2O2S. The van der Waals surface area contributed by atoms with E-state index < -0.39 is 0 Å². The molecule has 0 aromatic heterocycles. The Kier molecular flexibility index (Phi) is 6.86. The summed E-state index contributed by atoms with van der Waals surface area (Å²) in [6.07, 6.45) is 5.27. The third kappa shape index (κ3) is 5.06. The zero-order valence-corrected chi connectivity index (χ0v) is 12.6. The maximum Gasteiger partial charge on any atom is 0.317 e. The SMILES string of the molecule is CC[C@@]1(C)CN(C(=O)NCCCCSC)CCO1. The van der Waals surface area contributed by atoms with Gasteiger partial charge in [0, 0.05) is 13.1 Å². The molecule has 18 heavy (non-hydrogen) atoms. The van der Waals surface area contributed by atoms with Crippen molar-refractivity contribution in [3.05, 3.63) is 0 Å². The van der Waals surface area contributed by atoms with Crippen LogP contribution in [-0.2, 0) is 4.74 Å². The average Bonchev–Trinajstić information content (AvgIpc) is 2.38. The van der Waals surface area contributed by atoms with Crippen molar-refractivity contribution in [2.24, 2.45) is 0 Å². The predicted molar refractivity (Wildman–Crippen MR) is 77.2 cm³/mol. The van der Waals surface area contributed by atoms with Gasteiger partial charge in [0.15, 0.2) is 0 Å². The van der Waals surface area contributed by atoms with Crippen LogP contribution in [0.3, 0.4) is 0 Å². The summed E-state index contributed by atoms with van der Waals surface area (Å²) >= 11 is 1.85. The fourth-order valence-electron chi connectivity index (χ4n) is 2.00. The molecule has 0 spiro atoms. The van der Waals surface area contributed by atoms with Crippen molar-refractivity contribution >= 4 is 17.8 Å². The fourth-order valence-corrected chi connectivity index (χ4v) is 2.49. The number of carbonyl (C=O) groups excluding carboxylic acids is 1. The summed E-state index contributed by atoms with van der Waals surface area (Å²) in [4.78, 5) is 13.9. The van der Waals surface area contributed by atoms with Crippen LogP contribution in [0.2, 0.25) is 0 Å². The van der Waals surface area contributed by atoms with Gasteiger partial charge < -0.3 is 15.0 Å². The molecular weight excluding hydrogens is 248 g/mol. The number of urea groups is 1. The molecule has 1 heterocycles. The second kappa shape index (κ2) is 7.89. The average molecular weight is 274 g/mol. The number of carbonyl (C=O) groups is 1. The van der Waals surface area contributed by atoms with Crippen LogP contribution in [0.5, 0.6) is 0 Å². The van der Waals surface area contributed by atoms with Crippen molar-refractivity contribution in [3.63, 3.8) is 0 Å². The molecule has 1 rings (SSSR count). The summed E-state index contributed by atoms with van der Waals surface area (Å²) in [6.45, 7) is 6.99. The lowest BCUT2D eigenvalue weighted by molar-refractivity contribution is -0.0872. The zero-order chi connectivity index (χ0) is 13.4.